The van der Waals surface area contributed by atoms with E-state index in [1.165, 1.54) is 0 Å². The number of carbonyl (C=O) groups is 3. The lowest BCUT2D eigenvalue weighted by atomic mass is 9.79. The molecule has 0 aromatic heterocycles. The molecule has 0 aromatic carbocycles. The molecule has 112 valence electrons. The van der Waals surface area contributed by atoms with E-state index in [2.05, 4.69) is 9.47 Å². The molecule has 0 aromatic rings. The first kappa shape index (κ1) is 14.7. The van der Waals surface area contributed by atoms with Crippen LogP contribution in [0.4, 0.5) is 0 Å². The van der Waals surface area contributed by atoms with Crippen LogP contribution in [0.2, 0.25) is 0 Å². The molecule has 20 heavy (non-hydrogen) atoms. The number of hydrogen-bond donors (Lipinski definition) is 1. The molecule has 0 spiro atoms. The van der Waals surface area contributed by atoms with Crippen LogP contribution in [-0.4, -0.2) is 67.9 Å². The van der Waals surface area contributed by atoms with E-state index in [0.717, 1.165) is 21.3 Å². The molecule has 2 fully saturated rings. The lowest BCUT2D eigenvalue weighted by Crippen LogP contribution is -2.69. The van der Waals surface area contributed by atoms with Crippen LogP contribution in [0.25, 0.3) is 0 Å². The van der Waals surface area contributed by atoms with Gasteiger partial charge in [-0.2, -0.15) is 0 Å². The highest BCUT2D eigenvalue weighted by atomic mass is 16.8. The fraction of sp³-hybridized carbons (Fsp3) is 0.727. The number of fused-ring (bicyclic) bond motifs is 1. The van der Waals surface area contributed by atoms with E-state index >= 15 is 0 Å². The van der Waals surface area contributed by atoms with E-state index in [0.29, 0.717) is 0 Å². The fourth-order valence-electron chi connectivity index (χ4n) is 2.63. The van der Waals surface area contributed by atoms with Gasteiger partial charge >= 0.3 is 23.5 Å². The van der Waals surface area contributed by atoms with Gasteiger partial charge in [-0.15, -0.1) is 0 Å². The topological polar surface area (TPSA) is 118 Å². The second-order valence-corrected chi connectivity index (χ2v) is 4.42. The molecule has 0 saturated carbocycles. The van der Waals surface area contributed by atoms with Crippen molar-refractivity contribution in [3.63, 3.8) is 0 Å². The smallest absolute Gasteiger partial charge is 0.360 e. The predicted molar refractivity (Wildman–Crippen MR) is 58.1 cm³/mol. The quantitative estimate of drug-likeness (QED) is 0.470. The molecule has 9 heteroatoms. The molecule has 2 saturated heterocycles. The first-order valence-electron chi connectivity index (χ1n) is 5.63. The monoisotopic (exact) mass is 290 g/mol. The number of ether oxygens (including phenoxy) is 5. The lowest BCUT2D eigenvalue weighted by molar-refractivity contribution is -0.257. The van der Waals surface area contributed by atoms with Crippen molar-refractivity contribution >= 4 is 17.9 Å². The Morgan fingerprint density at radius 2 is 1.80 bits per heavy atom. The van der Waals surface area contributed by atoms with Crippen LogP contribution in [-0.2, 0) is 38.1 Å². The summed E-state index contributed by atoms with van der Waals surface area (Å²) in [4.78, 5) is 35.6. The van der Waals surface area contributed by atoms with Crippen molar-refractivity contribution < 1.29 is 43.2 Å². The van der Waals surface area contributed by atoms with Crippen molar-refractivity contribution in [1.29, 1.82) is 0 Å². The minimum absolute atomic E-state index is 0.474. The van der Waals surface area contributed by atoms with Gasteiger partial charge in [0.2, 0.25) is 11.4 Å². The fourth-order valence-corrected chi connectivity index (χ4v) is 2.63. The van der Waals surface area contributed by atoms with Crippen LogP contribution in [0.15, 0.2) is 0 Å². The first-order chi connectivity index (χ1) is 9.33. The summed E-state index contributed by atoms with van der Waals surface area (Å²) in [7, 11) is 3.18. The van der Waals surface area contributed by atoms with Crippen LogP contribution in [0.1, 0.15) is 6.42 Å². The Labute approximate surface area is 113 Å². The Morgan fingerprint density at radius 1 is 1.20 bits per heavy atom. The van der Waals surface area contributed by atoms with Crippen LogP contribution >= 0.6 is 0 Å². The molecule has 0 amide bonds. The van der Waals surface area contributed by atoms with Gasteiger partial charge in [0.15, 0.2) is 0 Å². The van der Waals surface area contributed by atoms with Gasteiger partial charge in [0, 0.05) is 7.11 Å². The summed E-state index contributed by atoms with van der Waals surface area (Å²) in [5.74, 6) is -5.19. The van der Waals surface area contributed by atoms with Gasteiger partial charge in [0.05, 0.1) is 20.8 Å². The molecule has 0 bridgehead atoms. The number of methoxy groups -OCH3 is 3. The standard InChI is InChI=1S/C11H14O9/c1-16-7(13)9(15)5-19-10(18-3)4-6(12)20-11(9,10)8(14)17-2/h15H,4-5H2,1-3H3/t9-,10+,11+/m1/s1. The highest BCUT2D eigenvalue weighted by molar-refractivity contribution is 5.99. The Hall–Kier alpha value is -1.71. The maximum absolute atomic E-state index is 12.1. The van der Waals surface area contributed by atoms with Gasteiger partial charge in [-0.1, -0.05) is 0 Å². The van der Waals surface area contributed by atoms with Crippen molar-refractivity contribution in [3.8, 4) is 0 Å². The van der Waals surface area contributed by atoms with E-state index in [9.17, 15) is 19.5 Å². The lowest BCUT2D eigenvalue weighted by Gasteiger charge is -2.37. The highest BCUT2D eigenvalue weighted by Gasteiger charge is 2.85. The zero-order valence-electron chi connectivity index (χ0n) is 11.1. The molecular formula is C11H14O9. The van der Waals surface area contributed by atoms with Crippen molar-refractivity contribution in [1.82, 2.24) is 0 Å². The summed E-state index contributed by atoms with van der Waals surface area (Å²) in [6.07, 6.45) is -0.474. The van der Waals surface area contributed by atoms with E-state index < -0.39 is 47.9 Å². The van der Waals surface area contributed by atoms with E-state index in [1.807, 2.05) is 0 Å². The Balaban J connectivity index is 2.66. The predicted octanol–water partition coefficient (Wildman–Crippen LogP) is -1.88. The summed E-state index contributed by atoms with van der Waals surface area (Å²) in [5.41, 5.74) is -5.02. The molecule has 9 nitrogen and oxygen atoms in total. The minimum Gasteiger partial charge on any atom is -0.467 e. The van der Waals surface area contributed by atoms with E-state index in [4.69, 9.17) is 14.2 Å². The molecule has 3 atom stereocenters. The van der Waals surface area contributed by atoms with Crippen LogP contribution in [0, 0.1) is 0 Å². The third-order valence-corrected chi connectivity index (χ3v) is 3.60. The van der Waals surface area contributed by atoms with Gasteiger partial charge in [-0.3, -0.25) is 4.79 Å². The molecule has 2 aliphatic heterocycles. The second-order valence-electron chi connectivity index (χ2n) is 4.42. The van der Waals surface area contributed by atoms with Gasteiger partial charge in [0.1, 0.15) is 6.42 Å². The average Bonchev–Trinajstić information content (AvgIpc) is 2.88. The van der Waals surface area contributed by atoms with Gasteiger partial charge in [-0.25, -0.2) is 9.59 Å². The van der Waals surface area contributed by atoms with Crippen molar-refractivity contribution in [2.24, 2.45) is 0 Å². The molecule has 1 N–H and O–H groups in total. The average molecular weight is 290 g/mol. The summed E-state index contributed by atoms with van der Waals surface area (Å²) in [5, 5.41) is 10.5. The van der Waals surface area contributed by atoms with Crippen LogP contribution in [0.3, 0.4) is 0 Å². The summed E-state index contributed by atoms with van der Waals surface area (Å²) < 4.78 is 24.3. The van der Waals surface area contributed by atoms with Crippen molar-refractivity contribution in [3.05, 3.63) is 0 Å². The molecule has 2 heterocycles. The Morgan fingerprint density at radius 3 is 2.30 bits per heavy atom. The summed E-state index contributed by atoms with van der Waals surface area (Å²) in [6, 6.07) is 0. The SMILES string of the molecule is COC(=O)[C@@]12OC(=O)C[C@]1(OC)OC[C@@]2(O)C(=O)OC. The third kappa shape index (κ3) is 1.39. The van der Waals surface area contributed by atoms with Crippen LogP contribution in [0.5, 0.6) is 0 Å². The van der Waals surface area contributed by atoms with E-state index in [-0.39, 0.29) is 0 Å². The summed E-state index contributed by atoms with van der Waals surface area (Å²) in [6.45, 7) is -0.643. The third-order valence-electron chi connectivity index (χ3n) is 3.60. The Bertz CT molecular complexity index is 475. The zero-order chi connectivity index (χ0) is 15.2. The maximum Gasteiger partial charge on any atom is 0.360 e. The highest BCUT2D eigenvalue weighted by Crippen LogP contribution is 2.53. The van der Waals surface area contributed by atoms with Crippen molar-refractivity contribution in [2.45, 2.75) is 23.4 Å². The largest absolute Gasteiger partial charge is 0.467 e. The molecule has 2 rings (SSSR count). The molecule has 0 radical (unpaired) electrons. The van der Waals surface area contributed by atoms with E-state index in [1.54, 1.807) is 0 Å². The molecule has 0 aliphatic carbocycles. The first-order valence-corrected chi connectivity index (χ1v) is 5.63. The number of aliphatic hydroxyl groups is 1. The Kier molecular flexibility index (Phi) is 3.23. The van der Waals surface area contributed by atoms with Crippen molar-refractivity contribution in [2.75, 3.05) is 27.9 Å². The zero-order valence-corrected chi connectivity index (χ0v) is 11.1. The normalized spacial score (nSPS) is 39.1. The number of rotatable bonds is 3. The number of esters is 3. The molecule has 0 unspecified atom stereocenters. The number of carbonyl (C=O) groups excluding carboxylic acids is 3. The molecule has 2 aliphatic rings. The van der Waals surface area contributed by atoms with Gasteiger partial charge < -0.3 is 28.8 Å². The number of hydrogen-bond acceptors (Lipinski definition) is 9. The molecular weight excluding hydrogens is 276 g/mol. The van der Waals surface area contributed by atoms with Gasteiger partial charge in [-0.05, 0) is 0 Å². The summed E-state index contributed by atoms with van der Waals surface area (Å²) >= 11 is 0. The minimum atomic E-state index is -2.56. The second kappa shape index (κ2) is 4.40. The maximum atomic E-state index is 12.1. The van der Waals surface area contributed by atoms with Gasteiger partial charge in [0.25, 0.3) is 0 Å². The van der Waals surface area contributed by atoms with Crippen LogP contribution < -0.4 is 0 Å².